The number of benzene rings is 1. The van der Waals surface area contributed by atoms with E-state index in [-0.39, 0.29) is 0 Å². The molecule has 0 N–H and O–H groups in total. The Kier molecular flexibility index (Phi) is 6.63. The third kappa shape index (κ3) is 5.44. The summed E-state index contributed by atoms with van der Waals surface area (Å²) in [5, 5.41) is 0. The maximum Gasteiger partial charge on any atom is 0.122 e. The van der Waals surface area contributed by atoms with Gasteiger partial charge in [-0.25, -0.2) is 0 Å². The first-order valence-corrected chi connectivity index (χ1v) is 7.01. The molecule has 18 heavy (non-hydrogen) atoms. The summed E-state index contributed by atoms with van der Waals surface area (Å²) in [4.78, 5) is 0. The van der Waals surface area contributed by atoms with Crippen molar-refractivity contribution in [2.75, 3.05) is 13.2 Å². The second-order valence-corrected chi connectivity index (χ2v) is 5.12. The van der Waals surface area contributed by atoms with E-state index in [2.05, 4.69) is 27.7 Å². The molecule has 0 saturated carbocycles. The van der Waals surface area contributed by atoms with Crippen LogP contribution in [0, 0.1) is 11.8 Å². The predicted molar refractivity (Wildman–Crippen MR) is 76.3 cm³/mol. The van der Waals surface area contributed by atoms with Crippen LogP contribution in [0.3, 0.4) is 0 Å². The van der Waals surface area contributed by atoms with Crippen LogP contribution in [0.4, 0.5) is 0 Å². The molecule has 102 valence electrons. The van der Waals surface area contributed by atoms with Crippen molar-refractivity contribution in [3.63, 3.8) is 0 Å². The maximum absolute atomic E-state index is 5.75. The highest BCUT2D eigenvalue weighted by molar-refractivity contribution is 5.32. The second kappa shape index (κ2) is 8.02. The lowest BCUT2D eigenvalue weighted by molar-refractivity contribution is 0.244. The van der Waals surface area contributed by atoms with E-state index in [9.17, 15) is 0 Å². The van der Waals surface area contributed by atoms with Crippen LogP contribution in [0.2, 0.25) is 0 Å². The maximum atomic E-state index is 5.75. The molecule has 0 heterocycles. The molecular formula is C16H26O2. The minimum atomic E-state index is 0.592. The number of ether oxygens (including phenoxy) is 2. The fourth-order valence-corrected chi connectivity index (χ4v) is 1.37. The summed E-state index contributed by atoms with van der Waals surface area (Å²) in [6, 6.07) is 7.93. The molecule has 0 amide bonds. The topological polar surface area (TPSA) is 18.5 Å². The molecule has 0 aliphatic heterocycles. The van der Waals surface area contributed by atoms with Gasteiger partial charge in [0.2, 0.25) is 0 Å². The van der Waals surface area contributed by atoms with Crippen LogP contribution in [-0.2, 0) is 0 Å². The highest BCUT2D eigenvalue weighted by atomic mass is 16.5. The first kappa shape index (κ1) is 14.9. The molecule has 0 radical (unpaired) electrons. The van der Waals surface area contributed by atoms with E-state index in [1.807, 2.05) is 24.3 Å². The van der Waals surface area contributed by atoms with Crippen LogP contribution in [0.25, 0.3) is 0 Å². The van der Waals surface area contributed by atoms with Gasteiger partial charge < -0.3 is 9.47 Å². The molecule has 0 aromatic heterocycles. The Morgan fingerprint density at radius 1 is 0.889 bits per heavy atom. The Morgan fingerprint density at radius 3 is 1.72 bits per heavy atom. The van der Waals surface area contributed by atoms with Gasteiger partial charge in [-0.2, -0.15) is 0 Å². The van der Waals surface area contributed by atoms with E-state index in [1.165, 1.54) is 0 Å². The highest BCUT2D eigenvalue weighted by Crippen LogP contribution is 2.21. The summed E-state index contributed by atoms with van der Waals surface area (Å²) in [6.45, 7) is 10.3. The van der Waals surface area contributed by atoms with Gasteiger partial charge in [0.25, 0.3) is 0 Å². The largest absolute Gasteiger partial charge is 0.493 e. The third-order valence-electron chi connectivity index (χ3n) is 3.27. The van der Waals surface area contributed by atoms with Crippen molar-refractivity contribution >= 4 is 0 Å². The van der Waals surface area contributed by atoms with Crippen molar-refractivity contribution in [3.8, 4) is 11.5 Å². The normalized spacial score (nSPS) is 14.0. The summed E-state index contributed by atoms with van der Waals surface area (Å²) in [6.07, 6.45) is 2.29. The van der Waals surface area contributed by atoms with Gasteiger partial charge in [0, 0.05) is 6.07 Å². The van der Waals surface area contributed by atoms with Crippen molar-refractivity contribution in [3.05, 3.63) is 24.3 Å². The predicted octanol–water partition coefficient (Wildman–Crippen LogP) is 4.54. The molecule has 1 aromatic rings. The van der Waals surface area contributed by atoms with E-state index in [0.717, 1.165) is 37.6 Å². The molecule has 2 heteroatoms. The number of rotatable bonds is 8. The molecule has 0 bridgehead atoms. The molecule has 2 nitrogen and oxygen atoms in total. The van der Waals surface area contributed by atoms with Crippen LogP contribution in [0.15, 0.2) is 24.3 Å². The minimum Gasteiger partial charge on any atom is -0.493 e. The minimum absolute atomic E-state index is 0.592. The van der Waals surface area contributed by atoms with Gasteiger partial charge in [0.1, 0.15) is 11.5 Å². The SMILES string of the molecule is CCC(C)COc1cccc(OCC(C)CC)c1. The Balaban J connectivity index is 2.46. The molecule has 0 spiro atoms. The zero-order valence-electron chi connectivity index (χ0n) is 12.1. The number of hydrogen-bond acceptors (Lipinski definition) is 2. The third-order valence-corrected chi connectivity index (χ3v) is 3.27. The fraction of sp³-hybridized carbons (Fsp3) is 0.625. The molecule has 2 atom stereocenters. The van der Waals surface area contributed by atoms with E-state index in [0.29, 0.717) is 11.8 Å². The summed E-state index contributed by atoms with van der Waals surface area (Å²) in [5.41, 5.74) is 0. The van der Waals surface area contributed by atoms with Crippen molar-refractivity contribution in [2.24, 2.45) is 11.8 Å². The molecule has 0 saturated heterocycles. The van der Waals surface area contributed by atoms with Gasteiger partial charge in [-0.05, 0) is 24.0 Å². The smallest absolute Gasteiger partial charge is 0.122 e. The van der Waals surface area contributed by atoms with Crippen molar-refractivity contribution < 1.29 is 9.47 Å². The number of hydrogen-bond donors (Lipinski definition) is 0. The lowest BCUT2D eigenvalue weighted by Gasteiger charge is -2.13. The molecule has 0 fully saturated rings. The Morgan fingerprint density at radius 2 is 1.33 bits per heavy atom. The lowest BCUT2D eigenvalue weighted by atomic mass is 10.1. The average Bonchev–Trinajstić information content (AvgIpc) is 2.42. The van der Waals surface area contributed by atoms with Crippen LogP contribution in [-0.4, -0.2) is 13.2 Å². The standard InChI is InChI=1S/C16H26O2/c1-5-13(3)11-17-15-8-7-9-16(10-15)18-12-14(4)6-2/h7-10,13-14H,5-6,11-12H2,1-4H3. The first-order valence-electron chi connectivity index (χ1n) is 7.01. The molecule has 2 unspecified atom stereocenters. The van der Waals surface area contributed by atoms with Gasteiger partial charge in [-0.3, -0.25) is 0 Å². The lowest BCUT2D eigenvalue weighted by Crippen LogP contribution is -2.08. The highest BCUT2D eigenvalue weighted by Gasteiger charge is 2.03. The average molecular weight is 250 g/mol. The second-order valence-electron chi connectivity index (χ2n) is 5.12. The van der Waals surface area contributed by atoms with E-state index >= 15 is 0 Å². The van der Waals surface area contributed by atoms with E-state index in [4.69, 9.17) is 9.47 Å². The fourth-order valence-electron chi connectivity index (χ4n) is 1.37. The molecule has 0 aliphatic rings. The van der Waals surface area contributed by atoms with Gasteiger partial charge in [-0.1, -0.05) is 46.6 Å². The Bertz CT molecular complexity index is 306. The summed E-state index contributed by atoms with van der Waals surface area (Å²) in [7, 11) is 0. The summed E-state index contributed by atoms with van der Waals surface area (Å²) < 4.78 is 11.5. The molecule has 1 aromatic carbocycles. The molecule has 0 aliphatic carbocycles. The first-order chi connectivity index (χ1) is 8.65. The van der Waals surface area contributed by atoms with Crippen molar-refractivity contribution in [1.29, 1.82) is 0 Å². The van der Waals surface area contributed by atoms with E-state index in [1.54, 1.807) is 0 Å². The van der Waals surface area contributed by atoms with Crippen LogP contribution < -0.4 is 9.47 Å². The van der Waals surface area contributed by atoms with E-state index < -0.39 is 0 Å². The van der Waals surface area contributed by atoms with Crippen molar-refractivity contribution in [1.82, 2.24) is 0 Å². The van der Waals surface area contributed by atoms with Gasteiger partial charge >= 0.3 is 0 Å². The Hall–Kier alpha value is -1.18. The zero-order chi connectivity index (χ0) is 13.4. The van der Waals surface area contributed by atoms with Crippen LogP contribution in [0.5, 0.6) is 11.5 Å². The molecule has 1 rings (SSSR count). The quantitative estimate of drug-likeness (QED) is 0.674. The molecular weight excluding hydrogens is 224 g/mol. The summed E-state index contributed by atoms with van der Waals surface area (Å²) >= 11 is 0. The van der Waals surface area contributed by atoms with Gasteiger partial charge in [0.15, 0.2) is 0 Å². The van der Waals surface area contributed by atoms with Crippen molar-refractivity contribution in [2.45, 2.75) is 40.5 Å². The monoisotopic (exact) mass is 250 g/mol. The summed E-state index contributed by atoms with van der Waals surface area (Å²) in [5.74, 6) is 2.98. The van der Waals surface area contributed by atoms with Crippen LogP contribution >= 0.6 is 0 Å². The van der Waals surface area contributed by atoms with Gasteiger partial charge in [0.05, 0.1) is 13.2 Å². The Labute approximate surface area is 111 Å². The van der Waals surface area contributed by atoms with Crippen LogP contribution in [0.1, 0.15) is 40.5 Å². The zero-order valence-corrected chi connectivity index (χ0v) is 12.1. The van der Waals surface area contributed by atoms with Gasteiger partial charge in [-0.15, -0.1) is 0 Å².